The largest absolute Gasteiger partial charge is 0.508 e. The van der Waals surface area contributed by atoms with Crippen LogP contribution in [0.5, 0.6) is 5.75 Å². The number of nitrogens with one attached hydrogen (secondary N) is 1. The van der Waals surface area contributed by atoms with Crippen molar-refractivity contribution in [3.8, 4) is 5.75 Å². The SMILES string of the molecule is CNCC(O)c1c(O)cc(C)c(Br)c1C. The molecule has 1 aromatic carbocycles. The van der Waals surface area contributed by atoms with Gasteiger partial charge in [-0.15, -0.1) is 0 Å². The number of aliphatic hydroxyl groups excluding tert-OH is 1. The third-order valence-corrected chi connectivity index (χ3v) is 3.66. The second kappa shape index (κ2) is 4.96. The normalized spacial score (nSPS) is 12.9. The second-order valence-electron chi connectivity index (χ2n) is 3.64. The lowest BCUT2D eigenvalue weighted by Gasteiger charge is -2.17. The van der Waals surface area contributed by atoms with E-state index in [1.165, 1.54) is 0 Å². The lowest BCUT2D eigenvalue weighted by molar-refractivity contribution is 0.173. The van der Waals surface area contributed by atoms with Crippen molar-refractivity contribution in [1.82, 2.24) is 5.32 Å². The first-order valence-electron chi connectivity index (χ1n) is 4.80. The van der Waals surface area contributed by atoms with Crippen molar-refractivity contribution >= 4 is 15.9 Å². The zero-order chi connectivity index (χ0) is 11.6. The van der Waals surface area contributed by atoms with Gasteiger partial charge in [0.1, 0.15) is 5.75 Å². The Labute approximate surface area is 98.3 Å². The Morgan fingerprint density at radius 1 is 1.47 bits per heavy atom. The summed E-state index contributed by atoms with van der Waals surface area (Å²) in [6, 6.07) is 1.66. The van der Waals surface area contributed by atoms with Gasteiger partial charge >= 0.3 is 0 Å². The Hall–Kier alpha value is -0.580. The van der Waals surface area contributed by atoms with E-state index in [0.717, 1.165) is 15.6 Å². The van der Waals surface area contributed by atoms with Crippen molar-refractivity contribution in [2.45, 2.75) is 20.0 Å². The van der Waals surface area contributed by atoms with E-state index in [4.69, 9.17) is 0 Å². The zero-order valence-electron chi connectivity index (χ0n) is 9.13. The summed E-state index contributed by atoms with van der Waals surface area (Å²) in [5.41, 5.74) is 2.43. The summed E-state index contributed by atoms with van der Waals surface area (Å²) in [4.78, 5) is 0. The molecule has 4 heteroatoms. The first-order chi connectivity index (χ1) is 6.99. The maximum Gasteiger partial charge on any atom is 0.122 e. The van der Waals surface area contributed by atoms with E-state index in [9.17, 15) is 10.2 Å². The van der Waals surface area contributed by atoms with Gasteiger partial charge in [0, 0.05) is 16.6 Å². The van der Waals surface area contributed by atoms with Gasteiger partial charge < -0.3 is 15.5 Å². The summed E-state index contributed by atoms with van der Waals surface area (Å²) in [5.74, 6) is 0.149. The Kier molecular flexibility index (Phi) is 4.13. The number of phenols is 1. The van der Waals surface area contributed by atoms with E-state index in [1.54, 1.807) is 13.1 Å². The van der Waals surface area contributed by atoms with E-state index in [0.29, 0.717) is 12.1 Å². The minimum Gasteiger partial charge on any atom is -0.508 e. The number of phenolic OH excluding ortho intramolecular Hbond substituents is 1. The summed E-state index contributed by atoms with van der Waals surface area (Å²) in [5, 5.41) is 22.5. The molecule has 0 fully saturated rings. The molecule has 3 nitrogen and oxygen atoms in total. The topological polar surface area (TPSA) is 52.5 Å². The first-order valence-corrected chi connectivity index (χ1v) is 5.59. The fourth-order valence-electron chi connectivity index (χ4n) is 1.67. The molecule has 0 spiro atoms. The van der Waals surface area contributed by atoms with Crippen LogP contribution in [0.3, 0.4) is 0 Å². The smallest absolute Gasteiger partial charge is 0.122 e. The molecule has 0 heterocycles. The fourth-order valence-corrected chi connectivity index (χ4v) is 2.00. The highest BCUT2D eigenvalue weighted by atomic mass is 79.9. The predicted octanol–water partition coefficient (Wildman–Crippen LogP) is 2.02. The number of hydrogen-bond donors (Lipinski definition) is 3. The van der Waals surface area contributed by atoms with Crippen LogP contribution in [0.15, 0.2) is 10.5 Å². The van der Waals surface area contributed by atoms with Crippen molar-refractivity contribution in [2.75, 3.05) is 13.6 Å². The Morgan fingerprint density at radius 3 is 2.60 bits per heavy atom. The number of aliphatic hydroxyl groups is 1. The molecular formula is C11H16BrNO2. The maximum atomic E-state index is 9.85. The third-order valence-electron chi connectivity index (χ3n) is 2.44. The molecule has 0 bridgehead atoms. The van der Waals surface area contributed by atoms with Crippen LogP contribution < -0.4 is 5.32 Å². The molecule has 0 aliphatic carbocycles. The number of aromatic hydroxyl groups is 1. The van der Waals surface area contributed by atoms with Crippen molar-refractivity contribution < 1.29 is 10.2 Å². The van der Waals surface area contributed by atoms with Gasteiger partial charge in [-0.05, 0) is 38.1 Å². The van der Waals surface area contributed by atoms with E-state index in [1.807, 2.05) is 13.8 Å². The summed E-state index contributed by atoms with van der Waals surface area (Å²) in [7, 11) is 1.76. The van der Waals surface area contributed by atoms with Gasteiger partial charge in [0.25, 0.3) is 0 Å². The number of halogens is 1. The molecule has 1 atom stereocenters. The fraction of sp³-hybridized carbons (Fsp3) is 0.455. The van der Waals surface area contributed by atoms with Crippen molar-refractivity contribution in [2.24, 2.45) is 0 Å². The molecule has 15 heavy (non-hydrogen) atoms. The average Bonchev–Trinajstić information content (AvgIpc) is 2.15. The van der Waals surface area contributed by atoms with Crippen molar-refractivity contribution in [3.05, 3.63) is 27.2 Å². The van der Waals surface area contributed by atoms with Crippen LogP contribution in [0.25, 0.3) is 0 Å². The van der Waals surface area contributed by atoms with Crippen molar-refractivity contribution in [1.29, 1.82) is 0 Å². The molecule has 3 N–H and O–H groups in total. The lowest BCUT2D eigenvalue weighted by atomic mass is 9.99. The van der Waals surface area contributed by atoms with Gasteiger partial charge in [0.15, 0.2) is 0 Å². The van der Waals surface area contributed by atoms with E-state index >= 15 is 0 Å². The summed E-state index contributed by atoms with van der Waals surface area (Å²) < 4.78 is 0.936. The number of likely N-dealkylation sites (N-methyl/N-ethyl adjacent to an activating group) is 1. The van der Waals surface area contributed by atoms with Gasteiger partial charge in [0.2, 0.25) is 0 Å². The quantitative estimate of drug-likeness (QED) is 0.790. The third kappa shape index (κ3) is 2.51. The number of aryl methyl sites for hydroxylation is 1. The Balaban J connectivity index is 3.23. The van der Waals surface area contributed by atoms with Gasteiger partial charge in [0.05, 0.1) is 6.10 Å². The minimum atomic E-state index is -0.688. The predicted molar refractivity (Wildman–Crippen MR) is 64.2 cm³/mol. The van der Waals surface area contributed by atoms with Gasteiger partial charge in [-0.3, -0.25) is 0 Å². The molecule has 1 rings (SSSR count). The molecule has 1 unspecified atom stereocenters. The molecule has 84 valence electrons. The van der Waals surface area contributed by atoms with Crippen LogP contribution >= 0.6 is 15.9 Å². The van der Waals surface area contributed by atoms with Crippen LogP contribution in [-0.4, -0.2) is 23.8 Å². The molecule has 0 saturated heterocycles. The maximum absolute atomic E-state index is 9.85. The summed E-state index contributed by atoms with van der Waals surface area (Å²) in [6.07, 6.45) is -0.688. The Bertz CT molecular complexity index is 366. The van der Waals surface area contributed by atoms with Crippen LogP contribution in [-0.2, 0) is 0 Å². The Morgan fingerprint density at radius 2 is 2.07 bits per heavy atom. The van der Waals surface area contributed by atoms with E-state index in [-0.39, 0.29) is 5.75 Å². The molecule has 0 aliphatic heterocycles. The number of rotatable bonds is 3. The average molecular weight is 274 g/mol. The molecule has 0 radical (unpaired) electrons. The van der Waals surface area contributed by atoms with Crippen LogP contribution in [0.2, 0.25) is 0 Å². The van der Waals surface area contributed by atoms with Crippen LogP contribution in [0.1, 0.15) is 22.8 Å². The molecule has 1 aromatic rings. The van der Waals surface area contributed by atoms with Crippen LogP contribution in [0.4, 0.5) is 0 Å². The van der Waals surface area contributed by atoms with Crippen molar-refractivity contribution in [3.63, 3.8) is 0 Å². The van der Waals surface area contributed by atoms with E-state index in [2.05, 4.69) is 21.2 Å². The highest BCUT2D eigenvalue weighted by molar-refractivity contribution is 9.10. The zero-order valence-corrected chi connectivity index (χ0v) is 10.7. The molecule has 0 aliphatic rings. The standard InChI is InChI=1S/C11H16BrNO2/c1-6-4-8(14)10(7(2)11(6)12)9(15)5-13-3/h4,9,13-15H,5H2,1-3H3. The van der Waals surface area contributed by atoms with Gasteiger partial charge in [-0.25, -0.2) is 0 Å². The second-order valence-corrected chi connectivity index (χ2v) is 4.43. The summed E-state index contributed by atoms with van der Waals surface area (Å²) in [6.45, 7) is 4.21. The highest BCUT2D eigenvalue weighted by Crippen LogP contribution is 2.34. The molecule has 0 amide bonds. The van der Waals surface area contributed by atoms with Gasteiger partial charge in [-0.2, -0.15) is 0 Å². The number of benzene rings is 1. The van der Waals surface area contributed by atoms with Gasteiger partial charge in [-0.1, -0.05) is 15.9 Å². The molecular weight excluding hydrogens is 258 g/mol. The van der Waals surface area contributed by atoms with E-state index < -0.39 is 6.10 Å². The molecule has 0 aromatic heterocycles. The highest BCUT2D eigenvalue weighted by Gasteiger charge is 2.17. The summed E-state index contributed by atoms with van der Waals surface area (Å²) >= 11 is 3.44. The monoisotopic (exact) mass is 273 g/mol. The molecule has 0 saturated carbocycles. The lowest BCUT2D eigenvalue weighted by Crippen LogP contribution is -2.17. The number of hydrogen-bond acceptors (Lipinski definition) is 3. The van der Waals surface area contributed by atoms with Crippen LogP contribution in [0, 0.1) is 13.8 Å². The minimum absolute atomic E-state index is 0.149. The first kappa shape index (κ1) is 12.5.